The third kappa shape index (κ3) is 2.46. The van der Waals surface area contributed by atoms with Gasteiger partial charge < -0.3 is 10.5 Å². The van der Waals surface area contributed by atoms with Gasteiger partial charge in [0.25, 0.3) is 5.56 Å². The summed E-state index contributed by atoms with van der Waals surface area (Å²) in [6, 6.07) is 3.65. The Morgan fingerprint density at radius 3 is 2.71 bits per heavy atom. The zero-order chi connectivity index (χ0) is 15.6. The molecule has 1 heterocycles. The topological polar surface area (TPSA) is 71.3 Å². The first kappa shape index (κ1) is 15.0. The van der Waals surface area contributed by atoms with Gasteiger partial charge >= 0.3 is 5.97 Å². The molecule has 0 aliphatic heterocycles. The molecule has 2 aromatic rings. The number of nitrogens with one attached hydrogen (secondary N) is 1. The fourth-order valence-corrected chi connectivity index (χ4v) is 2.21. The number of hydrogen-bond donors (Lipinski definition) is 2. The third-order valence-electron chi connectivity index (χ3n) is 3.12. The van der Waals surface area contributed by atoms with Gasteiger partial charge in [-0.3, -0.25) is 4.79 Å². The molecule has 0 fully saturated rings. The normalized spacial score (nSPS) is 10.8. The largest absolute Gasteiger partial charge is 0.478 e. The van der Waals surface area contributed by atoms with E-state index in [0.717, 1.165) is 10.7 Å². The molecule has 0 radical (unpaired) electrons. The van der Waals surface area contributed by atoms with Crippen molar-refractivity contribution in [1.29, 1.82) is 0 Å². The SMILES string of the molecule is CCCNn1c(C[18F])c(C(=O)O)c2cccc(F)c2c1=O. The van der Waals surface area contributed by atoms with Crippen molar-refractivity contribution in [2.45, 2.75) is 20.0 Å². The van der Waals surface area contributed by atoms with Crippen LogP contribution in [-0.4, -0.2) is 22.3 Å². The monoisotopic (exact) mass is 295 g/mol. The van der Waals surface area contributed by atoms with Crippen molar-refractivity contribution in [1.82, 2.24) is 4.68 Å². The molecule has 0 aliphatic rings. The Hall–Kier alpha value is -2.44. The highest BCUT2D eigenvalue weighted by atomic mass is 19.1. The standard InChI is InChI=1S/C14H14F2N2O3/c1-2-6-17-18-10(7-15)12(14(20)21)8-4-3-5-9(16)11(8)13(18)19/h3-5,17H,2,6-7H2,1H3,(H,20,21)/i15-1. The fourth-order valence-electron chi connectivity index (χ4n) is 2.21. The second-order valence-electron chi connectivity index (χ2n) is 4.47. The van der Waals surface area contributed by atoms with E-state index in [1.807, 2.05) is 6.92 Å². The Morgan fingerprint density at radius 2 is 2.14 bits per heavy atom. The lowest BCUT2D eigenvalue weighted by atomic mass is 10.0. The highest BCUT2D eigenvalue weighted by Crippen LogP contribution is 2.22. The van der Waals surface area contributed by atoms with Crippen LogP contribution >= 0.6 is 0 Å². The lowest BCUT2D eigenvalue weighted by molar-refractivity contribution is 0.0695. The van der Waals surface area contributed by atoms with Crippen LogP contribution in [0.3, 0.4) is 0 Å². The van der Waals surface area contributed by atoms with Crippen molar-refractivity contribution >= 4 is 16.7 Å². The second-order valence-corrected chi connectivity index (χ2v) is 4.47. The van der Waals surface area contributed by atoms with Crippen molar-refractivity contribution in [2.24, 2.45) is 0 Å². The minimum atomic E-state index is -1.41. The molecular weight excluding hydrogens is 281 g/mol. The molecule has 0 bridgehead atoms. The van der Waals surface area contributed by atoms with Crippen LogP contribution < -0.4 is 11.0 Å². The van der Waals surface area contributed by atoms with Gasteiger partial charge in [-0.2, -0.15) is 0 Å². The highest BCUT2D eigenvalue weighted by molar-refractivity contribution is 6.04. The molecule has 21 heavy (non-hydrogen) atoms. The first-order chi connectivity index (χ1) is 10.0. The van der Waals surface area contributed by atoms with Crippen LogP contribution in [0.15, 0.2) is 23.0 Å². The zero-order valence-electron chi connectivity index (χ0n) is 11.3. The van der Waals surface area contributed by atoms with Crippen LogP contribution in [0.1, 0.15) is 29.4 Å². The lowest BCUT2D eigenvalue weighted by Gasteiger charge is -2.17. The quantitative estimate of drug-likeness (QED) is 0.887. The molecule has 0 atom stereocenters. The minimum absolute atomic E-state index is 0.102. The molecule has 0 amide bonds. The number of aromatic nitrogens is 1. The number of rotatable bonds is 5. The van der Waals surface area contributed by atoms with Gasteiger partial charge in [0, 0.05) is 11.9 Å². The van der Waals surface area contributed by atoms with Crippen LogP contribution in [0.4, 0.5) is 8.78 Å². The smallest absolute Gasteiger partial charge is 0.338 e. The molecule has 2 N–H and O–H groups in total. The number of benzene rings is 1. The Balaban J connectivity index is 2.95. The summed E-state index contributed by atoms with van der Waals surface area (Å²) in [5, 5.41) is 8.83. The number of pyridine rings is 1. The van der Waals surface area contributed by atoms with E-state index in [4.69, 9.17) is 0 Å². The number of nitrogens with zero attached hydrogens (tertiary/aromatic N) is 1. The van der Waals surface area contributed by atoms with Crippen molar-refractivity contribution in [3.05, 3.63) is 45.6 Å². The highest BCUT2D eigenvalue weighted by Gasteiger charge is 2.23. The number of aromatic carboxylic acids is 1. The van der Waals surface area contributed by atoms with Crippen LogP contribution in [0.2, 0.25) is 0 Å². The van der Waals surface area contributed by atoms with Crippen molar-refractivity contribution < 1.29 is 18.7 Å². The van der Waals surface area contributed by atoms with Crippen molar-refractivity contribution in [3.63, 3.8) is 0 Å². The molecule has 5 nitrogen and oxygen atoms in total. The van der Waals surface area contributed by atoms with Gasteiger partial charge in [0.15, 0.2) is 0 Å². The molecule has 0 saturated heterocycles. The summed E-state index contributed by atoms with van der Waals surface area (Å²) >= 11 is 0. The van der Waals surface area contributed by atoms with Crippen LogP contribution in [0, 0.1) is 5.82 Å². The summed E-state index contributed by atoms with van der Waals surface area (Å²) in [6.45, 7) is 0.999. The van der Waals surface area contributed by atoms with E-state index in [0.29, 0.717) is 13.0 Å². The molecule has 0 saturated carbocycles. The van der Waals surface area contributed by atoms with E-state index >= 15 is 0 Å². The molecule has 112 valence electrons. The number of fused-ring (bicyclic) bond motifs is 1. The van der Waals surface area contributed by atoms with E-state index < -0.39 is 29.6 Å². The first-order valence-electron chi connectivity index (χ1n) is 6.42. The molecule has 2 rings (SSSR count). The molecule has 0 spiro atoms. The third-order valence-corrected chi connectivity index (χ3v) is 3.12. The fraction of sp³-hybridized carbons (Fsp3) is 0.286. The Labute approximate surface area is 118 Å². The van der Waals surface area contributed by atoms with E-state index in [-0.39, 0.29) is 16.5 Å². The first-order valence-corrected chi connectivity index (χ1v) is 6.42. The van der Waals surface area contributed by atoms with Crippen LogP contribution in [0.25, 0.3) is 10.8 Å². The number of hydrogen-bond acceptors (Lipinski definition) is 3. The summed E-state index contributed by atoms with van der Waals surface area (Å²) < 4.78 is 28.0. The van der Waals surface area contributed by atoms with Crippen LogP contribution in [-0.2, 0) is 6.67 Å². The van der Waals surface area contributed by atoms with Gasteiger partial charge in [-0.15, -0.1) is 0 Å². The van der Waals surface area contributed by atoms with E-state index in [9.17, 15) is 23.5 Å². The van der Waals surface area contributed by atoms with Gasteiger partial charge in [-0.25, -0.2) is 18.3 Å². The number of carboxylic acid groups (broad SMARTS) is 1. The molecule has 0 aliphatic carbocycles. The zero-order valence-corrected chi connectivity index (χ0v) is 11.3. The van der Waals surface area contributed by atoms with Crippen molar-refractivity contribution in [3.8, 4) is 0 Å². The number of carboxylic acids is 1. The summed E-state index contributed by atoms with van der Waals surface area (Å²) in [4.78, 5) is 23.7. The molecular formula is C14H14F2N2O3. The average Bonchev–Trinajstić information content (AvgIpc) is 2.45. The van der Waals surface area contributed by atoms with Gasteiger partial charge in [-0.1, -0.05) is 19.1 Å². The van der Waals surface area contributed by atoms with E-state index in [1.54, 1.807) is 0 Å². The maximum atomic E-state index is 13.9. The molecule has 1 aromatic carbocycles. The van der Waals surface area contributed by atoms with Crippen molar-refractivity contribution in [2.75, 3.05) is 12.0 Å². The minimum Gasteiger partial charge on any atom is -0.478 e. The summed E-state index contributed by atoms with van der Waals surface area (Å²) in [5.41, 5.74) is 1.11. The Kier molecular flexibility index (Phi) is 4.21. The van der Waals surface area contributed by atoms with E-state index in [2.05, 4.69) is 5.43 Å². The van der Waals surface area contributed by atoms with Gasteiger partial charge in [0.05, 0.1) is 16.6 Å². The van der Waals surface area contributed by atoms with E-state index in [1.165, 1.54) is 12.1 Å². The number of alkyl halides is 1. The predicted molar refractivity (Wildman–Crippen MR) is 74.5 cm³/mol. The van der Waals surface area contributed by atoms with Crippen LogP contribution in [0.5, 0.6) is 0 Å². The van der Waals surface area contributed by atoms with Gasteiger partial charge in [0.1, 0.15) is 12.5 Å². The summed E-state index contributed by atoms with van der Waals surface area (Å²) in [6.07, 6.45) is 0.635. The maximum absolute atomic E-state index is 13.9. The molecule has 1 aromatic heterocycles. The molecule has 7 heteroatoms. The second kappa shape index (κ2) is 5.90. The average molecular weight is 295 g/mol. The predicted octanol–water partition coefficient (Wildman–Crippen LogP) is 2.26. The Morgan fingerprint density at radius 1 is 1.43 bits per heavy atom. The number of carbonyl (C=O) groups is 1. The van der Waals surface area contributed by atoms with Gasteiger partial charge in [-0.05, 0) is 12.5 Å². The summed E-state index contributed by atoms with van der Waals surface area (Å²) in [7, 11) is 0. The molecule has 0 unspecified atom stereocenters. The number of halogens is 2. The lowest BCUT2D eigenvalue weighted by Crippen LogP contribution is -2.34. The summed E-state index contributed by atoms with van der Waals surface area (Å²) in [5.74, 6) is -2.25. The maximum Gasteiger partial charge on any atom is 0.338 e. The van der Waals surface area contributed by atoms with Gasteiger partial charge in [0.2, 0.25) is 0 Å². The Bertz CT molecular complexity index is 756.